The maximum absolute atomic E-state index is 12.4. The summed E-state index contributed by atoms with van der Waals surface area (Å²) in [5.74, 6) is 0.795. The van der Waals surface area contributed by atoms with Crippen LogP contribution in [0.1, 0.15) is 6.92 Å². The van der Waals surface area contributed by atoms with E-state index in [9.17, 15) is 4.79 Å². The Labute approximate surface area is 145 Å². The molecule has 124 valence electrons. The van der Waals surface area contributed by atoms with Gasteiger partial charge in [-0.3, -0.25) is 4.79 Å². The standard InChI is InChI=1S/C16H20ClN3O2S/c1-12(23-16-18-8-9-20(16)3)15(21)19(2)10-11-22-14-6-4-13(17)5-7-14/h4-9,12H,10-11H2,1-3H3. The monoisotopic (exact) mass is 353 g/mol. The van der Waals surface area contributed by atoms with E-state index in [-0.39, 0.29) is 11.2 Å². The number of carbonyl (C=O) groups excluding carboxylic acids is 1. The van der Waals surface area contributed by atoms with Crippen LogP contribution in [0, 0.1) is 0 Å². The van der Waals surface area contributed by atoms with Gasteiger partial charge in [0.05, 0.1) is 11.8 Å². The van der Waals surface area contributed by atoms with Gasteiger partial charge in [0.2, 0.25) is 5.91 Å². The van der Waals surface area contributed by atoms with Crippen molar-refractivity contribution in [2.75, 3.05) is 20.2 Å². The molecule has 2 aromatic rings. The van der Waals surface area contributed by atoms with Crippen molar-refractivity contribution in [3.05, 3.63) is 41.7 Å². The lowest BCUT2D eigenvalue weighted by molar-refractivity contribution is -0.129. The number of ether oxygens (including phenoxy) is 1. The quantitative estimate of drug-likeness (QED) is 0.718. The number of hydrogen-bond donors (Lipinski definition) is 0. The lowest BCUT2D eigenvalue weighted by atomic mass is 10.3. The molecule has 1 aromatic carbocycles. The van der Waals surface area contributed by atoms with Gasteiger partial charge in [-0.1, -0.05) is 23.4 Å². The molecule has 1 unspecified atom stereocenters. The summed E-state index contributed by atoms with van der Waals surface area (Å²) in [6.45, 7) is 2.84. The summed E-state index contributed by atoms with van der Waals surface area (Å²) in [6.07, 6.45) is 3.59. The van der Waals surface area contributed by atoms with Gasteiger partial charge in [-0.25, -0.2) is 4.98 Å². The Bertz CT molecular complexity index is 645. The number of carbonyl (C=O) groups is 1. The van der Waals surface area contributed by atoms with Gasteiger partial charge in [0.1, 0.15) is 12.4 Å². The second kappa shape index (κ2) is 8.26. The number of benzene rings is 1. The molecule has 0 aliphatic carbocycles. The van der Waals surface area contributed by atoms with Crippen molar-refractivity contribution in [3.63, 3.8) is 0 Å². The zero-order chi connectivity index (χ0) is 16.8. The summed E-state index contributed by atoms with van der Waals surface area (Å²) in [4.78, 5) is 18.3. The number of halogens is 1. The lowest BCUT2D eigenvalue weighted by Crippen LogP contribution is -2.36. The van der Waals surface area contributed by atoms with Crippen LogP contribution in [0.3, 0.4) is 0 Å². The van der Waals surface area contributed by atoms with Gasteiger partial charge in [0, 0.05) is 31.5 Å². The summed E-state index contributed by atoms with van der Waals surface area (Å²) < 4.78 is 7.51. The molecular weight excluding hydrogens is 334 g/mol. The fraction of sp³-hybridized carbons (Fsp3) is 0.375. The molecular formula is C16H20ClN3O2S. The minimum atomic E-state index is -0.198. The molecule has 5 nitrogen and oxygen atoms in total. The summed E-state index contributed by atoms with van der Waals surface area (Å²) in [7, 11) is 3.69. The van der Waals surface area contributed by atoms with E-state index in [0.717, 1.165) is 10.9 Å². The third-order valence-electron chi connectivity index (χ3n) is 3.29. The number of nitrogens with zero attached hydrogens (tertiary/aromatic N) is 3. The SMILES string of the molecule is CC(Sc1nccn1C)C(=O)N(C)CCOc1ccc(Cl)cc1. The number of aryl methyl sites for hydroxylation is 1. The van der Waals surface area contributed by atoms with Gasteiger partial charge >= 0.3 is 0 Å². The molecule has 7 heteroatoms. The van der Waals surface area contributed by atoms with Gasteiger partial charge in [0.25, 0.3) is 0 Å². The second-order valence-electron chi connectivity index (χ2n) is 5.14. The van der Waals surface area contributed by atoms with Crippen LogP contribution in [0.25, 0.3) is 0 Å². The first kappa shape index (κ1) is 17.7. The first-order valence-electron chi connectivity index (χ1n) is 7.24. The highest BCUT2D eigenvalue weighted by Gasteiger charge is 2.20. The van der Waals surface area contributed by atoms with Gasteiger partial charge in [-0.15, -0.1) is 0 Å². The molecule has 1 heterocycles. The molecule has 2 rings (SSSR count). The van der Waals surface area contributed by atoms with E-state index in [2.05, 4.69) is 4.98 Å². The first-order chi connectivity index (χ1) is 11.0. The number of amides is 1. The van der Waals surface area contributed by atoms with Crippen molar-refractivity contribution in [2.24, 2.45) is 7.05 Å². The highest BCUT2D eigenvalue weighted by atomic mass is 35.5. The Balaban J connectivity index is 1.78. The van der Waals surface area contributed by atoms with Crippen LogP contribution in [-0.2, 0) is 11.8 Å². The second-order valence-corrected chi connectivity index (χ2v) is 6.89. The molecule has 0 radical (unpaired) electrons. The topological polar surface area (TPSA) is 47.4 Å². The average molecular weight is 354 g/mol. The maximum atomic E-state index is 12.4. The minimum Gasteiger partial charge on any atom is -0.492 e. The van der Waals surface area contributed by atoms with Crippen LogP contribution in [-0.4, -0.2) is 45.8 Å². The van der Waals surface area contributed by atoms with E-state index < -0.39 is 0 Å². The highest BCUT2D eigenvalue weighted by Crippen LogP contribution is 2.22. The largest absolute Gasteiger partial charge is 0.492 e. The van der Waals surface area contributed by atoms with E-state index in [1.54, 1.807) is 30.3 Å². The van der Waals surface area contributed by atoms with E-state index in [1.807, 2.05) is 36.9 Å². The number of hydrogen-bond acceptors (Lipinski definition) is 4. The molecule has 0 fully saturated rings. The molecule has 1 amide bonds. The summed E-state index contributed by atoms with van der Waals surface area (Å²) in [6, 6.07) is 7.17. The number of aromatic nitrogens is 2. The summed E-state index contributed by atoms with van der Waals surface area (Å²) >= 11 is 7.27. The van der Waals surface area contributed by atoms with Gasteiger partial charge in [0.15, 0.2) is 5.16 Å². The van der Waals surface area contributed by atoms with Crippen molar-refractivity contribution in [3.8, 4) is 5.75 Å². The van der Waals surface area contributed by atoms with Crippen molar-refractivity contribution in [2.45, 2.75) is 17.3 Å². The maximum Gasteiger partial charge on any atom is 0.235 e. The molecule has 0 saturated carbocycles. The zero-order valence-corrected chi connectivity index (χ0v) is 15.0. The van der Waals surface area contributed by atoms with Crippen LogP contribution in [0.4, 0.5) is 0 Å². The van der Waals surface area contributed by atoms with Gasteiger partial charge < -0.3 is 14.2 Å². The van der Waals surface area contributed by atoms with Crippen LogP contribution in [0.15, 0.2) is 41.8 Å². The van der Waals surface area contributed by atoms with Crippen LogP contribution in [0.5, 0.6) is 5.75 Å². The molecule has 23 heavy (non-hydrogen) atoms. The fourth-order valence-electron chi connectivity index (χ4n) is 1.93. The Kier molecular flexibility index (Phi) is 6.36. The fourth-order valence-corrected chi connectivity index (χ4v) is 3.00. The molecule has 0 N–H and O–H groups in total. The Morgan fingerprint density at radius 1 is 1.43 bits per heavy atom. The average Bonchev–Trinajstić information content (AvgIpc) is 2.93. The zero-order valence-electron chi connectivity index (χ0n) is 13.4. The minimum absolute atomic E-state index is 0.0534. The number of imidazole rings is 1. The molecule has 1 atom stereocenters. The first-order valence-corrected chi connectivity index (χ1v) is 8.50. The highest BCUT2D eigenvalue weighted by molar-refractivity contribution is 8.00. The Morgan fingerprint density at radius 3 is 2.74 bits per heavy atom. The number of likely N-dealkylation sites (N-methyl/N-ethyl adjacent to an activating group) is 1. The normalized spacial score (nSPS) is 12.0. The van der Waals surface area contributed by atoms with Gasteiger partial charge in [-0.2, -0.15) is 0 Å². The summed E-state index contributed by atoms with van der Waals surface area (Å²) in [5.41, 5.74) is 0. The van der Waals surface area contributed by atoms with Gasteiger partial charge in [-0.05, 0) is 31.2 Å². The van der Waals surface area contributed by atoms with E-state index >= 15 is 0 Å². The lowest BCUT2D eigenvalue weighted by Gasteiger charge is -2.21. The van der Waals surface area contributed by atoms with Crippen molar-refractivity contribution >= 4 is 29.3 Å². The third-order valence-corrected chi connectivity index (χ3v) is 4.70. The Morgan fingerprint density at radius 2 is 2.13 bits per heavy atom. The van der Waals surface area contributed by atoms with E-state index in [1.165, 1.54) is 11.8 Å². The molecule has 0 aliphatic rings. The molecule has 0 aliphatic heterocycles. The number of thioether (sulfide) groups is 1. The molecule has 0 bridgehead atoms. The molecule has 0 spiro atoms. The van der Waals surface area contributed by atoms with E-state index in [4.69, 9.17) is 16.3 Å². The van der Waals surface area contributed by atoms with E-state index in [0.29, 0.717) is 18.2 Å². The molecule has 1 aromatic heterocycles. The predicted octanol–water partition coefficient (Wildman–Crippen LogP) is 3.09. The third kappa shape index (κ3) is 5.18. The van der Waals surface area contributed by atoms with Crippen molar-refractivity contribution in [1.29, 1.82) is 0 Å². The van der Waals surface area contributed by atoms with Crippen LogP contribution >= 0.6 is 23.4 Å². The number of rotatable bonds is 7. The predicted molar refractivity (Wildman–Crippen MR) is 93.1 cm³/mol. The summed E-state index contributed by atoms with van der Waals surface area (Å²) in [5, 5.41) is 1.30. The van der Waals surface area contributed by atoms with Crippen LogP contribution < -0.4 is 4.74 Å². The smallest absolute Gasteiger partial charge is 0.235 e. The van der Waals surface area contributed by atoms with Crippen molar-refractivity contribution < 1.29 is 9.53 Å². The Hall–Kier alpha value is -1.66. The van der Waals surface area contributed by atoms with Crippen LogP contribution in [0.2, 0.25) is 5.02 Å². The molecule has 0 saturated heterocycles. The van der Waals surface area contributed by atoms with Crippen molar-refractivity contribution in [1.82, 2.24) is 14.5 Å².